The molecule has 0 aliphatic carbocycles. The molecule has 0 saturated carbocycles. The first-order chi connectivity index (χ1) is 6.20. The van der Waals surface area contributed by atoms with E-state index in [1.165, 1.54) is 6.26 Å². The summed E-state index contributed by atoms with van der Waals surface area (Å²) >= 11 is 5.86. The molecule has 0 unspecified atom stereocenters. The minimum absolute atomic E-state index is 0.248. The van der Waals surface area contributed by atoms with Gasteiger partial charge in [0.2, 0.25) is 0 Å². The van der Waals surface area contributed by atoms with Gasteiger partial charge in [-0.05, 0) is 6.07 Å². The van der Waals surface area contributed by atoms with Gasteiger partial charge in [0.1, 0.15) is 0 Å². The molecule has 2 aromatic rings. The Kier molecular flexibility index (Phi) is 2.03. The quantitative estimate of drug-likeness (QED) is 0.662. The van der Waals surface area contributed by atoms with Crippen molar-refractivity contribution in [1.82, 2.24) is 0 Å². The zero-order chi connectivity index (χ0) is 9.42. The van der Waals surface area contributed by atoms with Crippen LogP contribution in [0.3, 0.4) is 0 Å². The molecule has 2 rings (SSSR count). The number of halogens is 1. The van der Waals surface area contributed by atoms with Crippen LogP contribution in [0.15, 0.2) is 28.9 Å². The summed E-state index contributed by atoms with van der Waals surface area (Å²) in [6, 6.07) is 5.04. The Hall–Kier alpha value is -0.965. The average Bonchev–Trinajstić information content (AvgIpc) is 2.52. The minimum Gasteiger partial charge on any atom is -0.463 e. The molecule has 0 radical (unpaired) electrons. The number of benzene rings is 1. The smallest absolute Gasteiger partial charge is 0.463 e. The molecule has 0 aliphatic rings. The van der Waals surface area contributed by atoms with Crippen molar-refractivity contribution >= 4 is 35.2 Å². The van der Waals surface area contributed by atoms with Crippen molar-refractivity contribution in [3.8, 4) is 0 Å². The topological polar surface area (TPSA) is 53.6 Å². The molecular weight excluding hydrogens is 190 g/mol. The molecule has 0 aliphatic heterocycles. The second-order valence-electron chi connectivity index (χ2n) is 2.68. The van der Waals surface area contributed by atoms with Crippen LogP contribution in [0.2, 0.25) is 5.02 Å². The molecule has 1 aromatic carbocycles. The SMILES string of the molecule is OB(O)c1ccc2ccoc2c1Cl. The highest BCUT2D eigenvalue weighted by molar-refractivity contribution is 6.63. The second kappa shape index (κ2) is 3.07. The van der Waals surface area contributed by atoms with Gasteiger partial charge in [-0.1, -0.05) is 23.7 Å². The predicted octanol–water partition coefficient (Wildman–Crippen LogP) is 0.766. The Labute approximate surface area is 79.7 Å². The molecule has 1 aromatic heterocycles. The van der Waals surface area contributed by atoms with Crippen LogP contribution in [0.25, 0.3) is 11.0 Å². The maximum atomic E-state index is 8.93. The van der Waals surface area contributed by atoms with Crippen molar-refractivity contribution in [3.05, 3.63) is 29.5 Å². The summed E-state index contributed by atoms with van der Waals surface area (Å²) in [6.45, 7) is 0. The fourth-order valence-corrected chi connectivity index (χ4v) is 1.53. The van der Waals surface area contributed by atoms with Gasteiger partial charge in [-0.15, -0.1) is 0 Å². The molecule has 0 amide bonds. The lowest BCUT2D eigenvalue weighted by Crippen LogP contribution is -2.30. The fraction of sp³-hybridized carbons (Fsp3) is 0. The van der Waals surface area contributed by atoms with Crippen LogP contribution in [0.5, 0.6) is 0 Å². The van der Waals surface area contributed by atoms with Crippen LogP contribution in [0.4, 0.5) is 0 Å². The summed E-state index contributed by atoms with van der Waals surface area (Å²) in [6.07, 6.45) is 1.50. The first-order valence-electron chi connectivity index (χ1n) is 3.72. The Morgan fingerprint density at radius 2 is 2.00 bits per heavy atom. The monoisotopic (exact) mass is 196 g/mol. The number of furan rings is 1. The van der Waals surface area contributed by atoms with E-state index in [-0.39, 0.29) is 10.5 Å². The number of fused-ring (bicyclic) bond motifs is 1. The summed E-state index contributed by atoms with van der Waals surface area (Å²) in [5.41, 5.74) is 0.733. The number of rotatable bonds is 1. The molecule has 3 nitrogen and oxygen atoms in total. The van der Waals surface area contributed by atoms with Crippen molar-refractivity contribution < 1.29 is 14.5 Å². The molecular formula is C8H6BClO3. The van der Waals surface area contributed by atoms with E-state index in [0.29, 0.717) is 5.58 Å². The Balaban J connectivity index is 2.73. The molecule has 0 bridgehead atoms. The van der Waals surface area contributed by atoms with Gasteiger partial charge >= 0.3 is 7.12 Å². The maximum Gasteiger partial charge on any atom is 0.490 e. The van der Waals surface area contributed by atoms with E-state index in [9.17, 15) is 0 Å². The molecule has 2 N–H and O–H groups in total. The summed E-state index contributed by atoms with van der Waals surface area (Å²) in [7, 11) is -1.57. The van der Waals surface area contributed by atoms with Gasteiger partial charge in [-0.2, -0.15) is 0 Å². The van der Waals surface area contributed by atoms with Crippen LogP contribution >= 0.6 is 11.6 Å². The van der Waals surface area contributed by atoms with E-state index in [2.05, 4.69) is 0 Å². The van der Waals surface area contributed by atoms with Gasteiger partial charge in [0, 0.05) is 10.8 Å². The third-order valence-electron chi connectivity index (χ3n) is 1.87. The van der Waals surface area contributed by atoms with E-state index >= 15 is 0 Å². The standard InChI is InChI=1S/C8H6BClO3/c10-7-6(9(11)12)2-1-5-3-4-13-8(5)7/h1-4,11-12H. The predicted molar refractivity (Wildman–Crippen MR) is 51.0 cm³/mol. The molecule has 1 heterocycles. The average molecular weight is 196 g/mol. The Bertz CT molecular complexity index is 438. The summed E-state index contributed by atoms with van der Waals surface area (Å²) < 4.78 is 5.09. The lowest BCUT2D eigenvalue weighted by atomic mass is 9.80. The second-order valence-corrected chi connectivity index (χ2v) is 3.06. The van der Waals surface area contributed by atoms with Crippen molar-refractivity contribution in [3.63, 3.8) is 0 Å². The fourth-order valence-electron chi connectivity index (χ4n) is 1.21. The molecule has 66 valence electrons. The lowest BCUT2D eigenvalue weighted by Gasteiger charge is -2.01. The first-order valence-corrected chi connectivity index (χ1v) is 4.09. The van der Waals surface area contributed by atoms with Crippen LogP contribution in [-0.2, 0) is 0 Å². The molecule has 0 fully saturated rings. The van der Waals surface area contributed by atoms with Gasteiger partial charge in [0.25, 0.3) is 0 Å². The summed E-state index contributed by atoms with van der Waals surface area (Å²) in [5, 5.41) is 19.0. The number of hydrogen-bond donors (Lipinski definition) is 2. The highest BCUT2D eigenvalue weighted by Crippen LogP contribution is 2.22. The van der Waals surface area contributed by atoms with Crippen molar-refractivity contribution in [2.45, 2.75) is 0 Å². The molecule has 0 atom stereocenters. The summed E-state index contributed by atoms with van der Waals surface area (Å²) in [5.74, 6) is 0. The van der Waals surface area contributed by atoms with E-state index < -0.39 is 7.12 Å². The highest BCUT2D eigenvalue weighted by atomic mass is 35.5. The third kappa shape index (κ3) is 1.33. The van der Waals surface area contributed by atoms with E-state index in [1.807, 2.05) is 0 Å². The van der Waals surface area contributed by atoms with Crippen molar-refractivity contribution in [1.29, 1.82) is 0 Å². The third-order valence-corrected chi connectivity index (χ3v) is 2.26. The maximum absolute atomic E-state index is 8.93. The molecule has 0 spiro atoms. The normalized spacial score (nSPS) is 10.7. The Morgan fingerprint density at radius 1 is 1.23 bits per heavy atom. The van der Waals surface area contributed by atoms with E-state index in [0.717, 1.165) is 5.39 Å². The molecule has 13 heavy (non-hydrogen) atoms. The Morgan fingerprint density at radius 3 is 2.69 bits per heavy atom. The van der Waals surface area contributed by atoms with Crippen LogP contribution in [0.1, 0.15) is 0 Å². The first kappa shape index (κ1) is 8.63. The van der Waals surface area contributed by atoms with Crippen molar-refractivity contribution in [2.75, 3.05) is 0 Å². The minimum atomic E-state index is -1.57. The molecule has 0 saturated heterocycles. The van der Waals surface area contributed by atoms with Crippen LogP contribution in [0, 0.1) is 0 Å². The van der Waals surface area contributed by atoms with E-state index in [1.54, 1.807) is 18.2 Å². The van der Waals surface area contributed by atoms with E-state index in [4.69, 9.17) is 26.1 Å². The van der Waals surface area contributed by atoms with Crippen molar-refractivity contribution in [2.24, 2.45) is 0 Å². The highest BCUT2D eigenvalue weighted by Gasteiger charge is 2.17. The zero-order valence-corrected chi connectivity index (χ0v) is 7.32. The van der Waals surface area contributed by atoms with Gasteiger partial charge < -0.3 is 14.5 Å². The van der Waals surface area contributed by atoms with Crippen LogP contribution in [-0.4, -0.2) is 17.2 Å². The van der Waals surface area contributed by atoms with Gasteiger partial charge in [0.15, 0.2) is 5.58 Å². The summed E-state index contributed by atoms with van der Waals surface area (Å²) in [4.78, 5) is 0. The van der Waals surface area contributed by atoms with Crippen LogP contribution < -0.4 is 5.46 Å². The largest absolute Gasteiger partial charge is 0.490 e. The van der Waals surface area contributed by atoms with Gasteiger partial charge in [-0.25, -0.2) is 0 Å². The lowest BCUT2D eigenvalue weighted by molar-refractivity contribution is 0.426. The van der Waals surface area contributed by atoms with Gasteiger partial charge in [0.05, 0.1) is 11.3 Å². The van der Waals surface area contributed by atoms with Gasteiger partial charge in [-0.3, -0.25) is 0 Å². The number of hydrogen-bond acceptors (Lipinski definition) is 3. The molecule has 5 heteroatoms. The zero-order valence-electron chi connectivity index (χ0n) is 6.57.